The van der Waals surface area contributed by atoms with Crippen LogP contribution in [0.3, 0.4) is 0 Å². The van der Waals surface area contributed by atoms with Gasteiger partial charge in [0.2, 0.25) is 0 Å². The van der Waals surface area contributed by atoms with E-state index in [4.69, 9.17) is 0 Å². The summed E-state index contributed by atoms with van der Waals surface area (Å²) in [6, 6.07) is 11.6. The van der Waals surface area contributed by atoms with Gasteiger partial charge in [-0.3, -0.25) is 9.82 Å². The summed E-state index contributed by atoms with van der Waals surface area (Å²) in [6.45, 7) is 1.88. The van der Waals surface area contributed by atoms with Crippen LogP contribution in [-0.4, -0.2) is 28.6 Å². The Morgan fingerprint density at radius 2 is 1.85 bits per heavy atom. The number of benzene rings is 2. The van der Waals surface area contributed by atoms with Crippen LogP contribution in [0.1, 0.15) is 5.69 Å². The number of nitrogens with one attached hydrogen (secondary N) is 2. The molecular formula is C18H14FN5O2S. The summed E-state index contributed by atoms with van der Waals surface area (Å²) < 4.78 is 40.5. The SMILES string of the molecule is Cc1[nH]nc2ncnc(-c3ccc(NS(=O)(=O)c4cccc(F)c4)cc3)c12. The first kappa shape index (κ1) is 17.1. The standard InChI is InChI=1S/C18H14FN5O2S/c1-11-16-17(20-10-21-18(16)23-22-11)12-5-7-14(8-6-12)24-27(25,26)15-4-2-3-13(19)9-15/h2-10,24H,1H3,(H,20,21,22,23). The zero-order chi connectivity index (χ0) is 19.0. The van der Waals surface area contributed by atoms with Crippen molar-refractivity contribution in [3.63, 3.8) is 0 Å². The van der Waals surface area contributed by atoms with Gasteiger partial charge in [0.05, 0.1) is 16.0 Å². The Balaban J connectivity index is 1.65. The van der Waals surface area contributed by atoms with Crippen LogP contribution in [0.5, 0.6) is 0 Å². The van der Waals surface area contributed by atoms with Gasteiger partial charge in [-0.1, -0.05) is 18.2 Å². The molecule has 0 saturated heterocycles. The maximum Gasteiger partial charge on any atom is 0.261 e. The van der Waals surface area contributed by atoms with Crippen molar-refractivity contribution in [2.24, 2.45) is 0 Å². The monoisotopic (exact) mass is 383 g/mol. The van der Waals surface area contributed by atoms with Crippen LogP contribution in [-0.2, 0) is 10.0 Å². The highest BCUT2D eigenvalue weighted by Crippen LogP contribution is 2.28. The molecule has 0 bridgehead atoms. The summed E-state index contributed by atoms with van der Waals surface area (Å²) in [6.07, 6.45) is 1.43. The normalized spacial score (nSPS) is 11.6. The maximum absolute atomic E-state index is 13.3. The van der Waals surface area contributed by atoms with E-state index in [2.05, 4.69) is 24.9 Å². The van der Waals surface area contributed by atoms with Crippen LogP contribution in [0, 0.1) is 12.7 Å². The molecule has 27 heavy (non-hydrogen) atoms. The molecule has 0 aliphatic heterocycles. The molecule has 0 aliphatic carbocycles. The topological polar surface area (TPSA) is 101 Å². The van der Waals surface area contributed by atoms with E-state index in [1.54, 1.807) is 24.3 Å². The summed E-state index contributed by atoms with van der Waals surface area (Å²) in [5.74, 6) is -0.614. The molecule has 2 heterocycles. The summed E-state index contributed by atoms with van der Waals surface area (Å²) in [7, 11) is -3.88. The van der Waals surface area contributed by atoms with Gasteiger partial charge in [-0.25, -0.2) is 22.8 Å². The number of anilines is 1. The highest BCUT2D eigenvalue weighted by molar-refractivity contribution is 7.92. The van der Waals surface area contributed by atoms with Crippen molar-refractivity contribution < 1.29 is 12.8 Å². The molecule has 0 atom stereocenters. The third-order valence-corrected chi connectivity index (χ3v) is 5.43. The number of aromatic nitrogens is 4. The Kier molecular flexibility index (Phi) is 4.08. The average molecular weight is 383 g/mol. The van der Waals surface area contributed by atoms with Crippen LogP contribution < -0.4 is 4.72 Å². The molecule has 0 fully saturated rings. The molecule has 0 saturated carbocycles. The molecular weight excluding hydrogens is 369 g/mol. The van der Waals surface area contributed by atoms with E-state index in [0.717, 1.165) is 22.7 Å². The van der Waals surface area contributed by atoms with Gasteiger partial charge in [0.1, 0.15) is 12.1 Å². The number of rotatable bonds is 4. The largest absolute Gasteiger partial charge is 0.280 e. The molecule has 7 nitrogen and oxygen atoms in total. The van der Waals surface area contributed by atoms with Crippen molar-refractivity contribution in [2.45, 2.75) is 11.8 Å². The van der Waals surface area contributed by atoms with Crippen LogP contribution in [0.2, 0.25) is 0 Å². The van der Waals surface area contributed by atoms with Crippen molar-refractivity contribution in [3.8, 4) is 11.3 Å². The van der Waals surface area contributed by atoms with Crippen LogP contribution in [0.25, 0.3) is 22.3 Å². The number of aryl methyl sites for hydroxylation is 1. The van der Waals surface area contributed by atoms with Crippen molar-refractivity contribution in [2.75, 3.05) is 4.72 Å². The smallest absolute Gasteiger partial charge is 0.261 e. The van der Waals surface area contributed by atoms with Gasteiger partial charge in [-0.05, 0) is 37.3 Å². The minimum Gasteiger partial charge on any atom is -0.280 e. The first-order chi connectivity index (χ1) is 12.9. The number of halogens is 1. The number of nitrogens with zero attached hydrogens (tertiary/aromatic N) is 3. The number of hydrogen-bond acceptors (Lipinski definition) is 5. The lowest BCUT2D eigenvalue weighted by molar-refractivity contribution is 0.595. The van der Waals surface area contributed by atoms with Crippen molar-refractivity contribution in [1.82, 2.24) is 20.2 Å². The van der Waals surface area contributed by atoms with Gasteiger partial charge in [-0.15, -0.1) is 0 Å². The number of hydrogen-bond donors (Lipinski definition) is 2. The Morgan fingerprint density at radius 1 is 1.07 bits per heavy atom. The average Bonchev–Trinajstić information content (AvgIpc) is 3.04. The predicted molar refractivity (Wildman–Crippen MR) is 99.1 cm³/mol. The molecule has 4 rings (SSSR count). The molecule has 0 spiro atoms. The van der Waals surface area contributed by atoms with Gasteiger partial charge in [-0.2, -0.15) is 5.10 Å². The van der Waals surface area contributed by atoms with E-state index in [1.807, 2.05) is 6.92 Å². The van der Waals surface area contributed by atoms with Gasteiger partial charge >= 0.3 is 0 Å². The Labute approximate surface area is 154 Å². The molecule has 2 aromatic carbocycles. The van der Waals surface area contributed by atoms with E-state index in [1.165, 1.54) is 24.5 Å². The van der Waals surface area contributed by atoms with Crippen molar-refractivity contribution >= 4 is 26.7 Å². The molecule has 136 valence electrons. The third kappa shape index (κ3) is 3.24. The van der Waals surface area contributed by atoms with Gasteiger partial charge < -0.3 is 0 Å². The second-order valence-electron chi connectivity index (χ2n) is 5.91. The van der Waals surface area contributed by atoms with Crippen LogP contribution in [0.4, 0.5) is 10.1 Å². The Hall–Kier alpha value is -3.33. The van der Waals surface area contributed by atoms with Crippen molar-refractivity contribution in [3.05, 3.63) is 66.4 Å². The van der Waals surface area contributed by atoms with E-state index in [0.29, 0.717) is 17.0 Å². The fourth-order valence-electron chi connectivity index (χ4n) is 2.76. The fraction of sp³-hybridized carbons (Fsp3) is 0.0556. The predicted octanol–water partition coefficient (Wildman–Crippen LogP) is 3.27. The molecule has 2 N–H and O–H groups in total. The fourth-order valence-corrected chi connectivity index (χ4v) is 3.85. The Bertz CT molecular complexity index is 1240. The quantitative estimate of drug-likeness (QED) is 0.563. The second-order valence-corrected chi connectivity index (χ2v) is 7.59. The molecule has 4 aromatic rings. The van der Waals surface area contributed by atoms with Crippen LogP contribution in [0.15, 0.2) is 59.8 Å². The first-order valence-electron chi connectivity index (χ1n) is 7.98. The third-order valence-electron chi connectivity index (χ3n) is 4.05. The van der Waals surface area contributed by atoms with E-state index in [9.17, 15) is 12.8 Å². The minimum absolute atomic E-state index is 0.141. The molecule has 9 heteroatoms. The zero-order valence-electron chi connectivity index (χ0n) is 14.1. The van der Waals surface area contributed by atoms with E-state index in [-0.39, 0.29) is 4.90 Å². The number of H-pyrrole nitrogens is 1. The van der Waals surface area contributed by atoms with Gasteiger partial charge in [0.15, 0.2) is 5.65 Å². The summed E-state index contributed by atoms with van der Waals surface area (Å²) in [4.78, 5) is 8.30. The van der Waals surface area contributed by atoms with Gasteiger partial charge in [0, 0.05) is 16.9 Å². The van der Waals surface area contributed by atoms with Gasteiger partial charge in [0.25, 0.3) is 10.0 Å². The Morgan fingerprint density at radius 3 is 2.59 bits per heavy atom. The lowest BCUT2D eigenvalue weighted by Gasteiger charge is -2.09. The molecule has 2 aromatic heterocycles. The highest BCUT2D eigenvalue weighted by Gasteiger charge is 2.16. The second kappa shape index (κ2) is 6.44. The summed E-state index contributed by atoms with van der Waals surface area (Å²) in [5, 5.41) is 7.80. The zero-order valence-corrected chi connectivity index (χ0v) is 15.0. The molecule has 0 unspecified atom stereocenters. The summed E-state index contributed by atoms with van der Waals surface area (Å²) >= 11 is 0. The van der Waals surface area contributed by atoms with Crippen LogP contribution >= 0.6 is 0 Å². The number of aromatic amines is 1. The van der Waals surface area contributed by atoms with E-state index >= 15 is 0 Å². The molecule has 0 aliphatic rings. The highest BCUT2D eigenvalue weighted by atomic mass is 32.2. The lowest BCUT2D eigenvalue weighted by Crippen LogP contribution is -2.13. The van der Waals surface area contributed by atoms with Crippen molar-refractivity contribution in [1.29, 1.82) is 0 Å². The summed E-state index contributed by atoms with van der Waals surface area (Å²) in [5.41, 5.74) is 3.26. The number of sulfonamides is 1. The first-order valence-corrected chi connectivity index (χ1v) is 9.47. The number of fused-ring (bicyclic) bond motifs is 1. The van der Waals surface area contributed by atoms with E-state index < -0.39 is 15.8 Å². The lowest BCUT2D eigenvalue weighted by atomic mass is 10.1. The molecule has 0 amide bonds. The minimum atomic E-state index is -3.88. The molecule has 0 radical (unpaired) electrons. The maximum atomic E-state index is 13.3.